The van der Waals surface area contributed by atoms with Crippen molar-refractivity contribution in [1.29, 1.82) is 0 Å². The van der Waals surface area contributed by atoms with Gasteiger partial charge < -0.3 is 5.32 Å². The van der Waals surface area contributed by atoms with Gasteiger partial charge in [-0.05, 0) is 54.1 Å². The number of benzene rings is 1. The summed E-state index contributed by atoms with van der Waals surface area (Å²) in [4.78, 5) is 0. The zero-order valence-corrected chi connectivity index (χ0v) is 13.0. The van der Waals surface area contributed by atoms with Crippen LogP contribution < -0.4 is 5.32 Å². The predicted molar refractivity (Wildman–Crippen MR) is 78.3 cm³/mol. The molecule has 19 heavy (non-hydrogen) atoms. The van der Waals surface area contributed by atoms with Crippen LogP contribution in [0.3, 0.4) is 0 Å². The van der Waals surface area contributed by atoms with E-state index >= 15 is 0 Å². The van der Waals surface area contributed by atoms with Crippen LogP contribution in [0, 0.1) is 0 Å². The summed E-state index contributed by atoms with van der Waals surface area (Å²) in [6.45, 7) is 7.15. The summed E-state index contributed by atoms with van der Waals surface area (Å²) in [7, 11) is 0. The van der Waals surface area contributed by atoms with Crippen molar-refractivity contribution in [2.24, 2.45) is 0 Å². The fourth-order valence-corrected chi connectivity index (χ4v) is 2.49. The van der Waals surface area contributed by atoms with Gasteiger partial charge in [0, 0.05) is 4.47 Å². The lowest BCUT2D eigenvalue weighted by molar-refractivity contribution is 0.550. The summed E-state index contributed by atoms with van der Waals surface area (Å²) in [5.74, 6) is 0.832. The van der Waals surface area contributed by atoms with Crippen molar-refractivity contribution in [3.63, 3.8) is 0 Å². The molecule has 0 aliphatic carbocycles. The van der Waals surface area contributed by atoms with Crippen molar-refractivity contribution in [2.45, 2.75) is 33.2 Å². The van der Waals surface area contributed by atoms with Crippen LogP contribution in [-0.2, 0) is 6.42 Å². The zero-order chi connectivity index (χ0) is 13.8. The van der Waals surface area contributed by atoms with Crippen LogP contribution in [0.4, 0.5) is 0 Å². The normalized spacial score (nSPS) is 12.6. The van der Waals surface area contributed by atoms with E-state index in [1.54, 1.807) is 0 Å². The molecular formula is C13H18BrN5. The number of nitrogens with one attached hydrogen (secondary N) is 1. The highest BCUT2D eigenvalue weighted by molar-refractivity contribution is 9.10. The molecule has 2 rings (SSSR count). The number of halogens is 1. The number of aromatic nitrogens is 4. The Bertz CT molecular complexity index is 552. The topological polar surface area (TPSA) is 55.6 Å². The molecule has 0 spiro atoms. The number of hydrogen-bond acceptors (Lipinski definition) is 4. The number of rotatable bonds is 5. The smallest absolute Gasteiger partial charge is 0.173 e. The van der Waals surface area contributed by atoms with Crippen LogP contribution in [0.2, 0.25) is 0 Å². The minimum absolute atomic E-state index is 0.119. The number of hydrogen-bond donors (Lipinski definition) is 1. The van der Waals surface area contributed by atoms with Crippen LogP contribution in [0.5, 0.6) is 0 Å². The van der Waals surface area contributed by atoms with Crippen molar-refractivity contribution < 1.29 is 0 Å². The molecule has 0 saturated carbocycles. The second-order valence-electron chi connectivity index (χ2n) is 4.35. The highest BCUT2D eigenvalue weighted by Gasteiger charge is 2.16. The molecule has 5 nitrogen and oxygen atoms in total. The molecule has 1 N–H and O–H groups in total. The molecule has 0 saturated heterocycles. The highest BCUT2D eigenvalue weighted by Crippen LogP contribution is 2.22. The molecule has 0 bridgehead atoms. The summed E-state index contributed by atoms with van der Waals surface area (Å²) in [6, 6.07) is 6.28. The Morgan fingerprint density at radius 1 is 1.37 bits per heavy atom. The Balaban J connectivity index is 2.45. The zero-order valence-electron chi connectivity index (χ0n) is 11.4. The third-order valence-electron chi connectivity index (χ3n) is 3.04. The summed E-state index contributed by atoms with van der Waals surface area (Å²) in [5.41, 5.74) is 2.25. The average molecular weight is 324 g/mol. The van der Waals surface area contributed by atoms with Crippen LogP contribution in [0.25, 0.3) is 5.69 Å². The van der Waals surface area contributed by atoms with Gasteiger partial charge in [0.05, 0.1) is 11.7 Å². The maximum absolute atomic E-state index is 4.14. The van der Waals surface area contributed by atoms with Gasteiger partial charge in [0.2, 0.25) is 0 Å². The van der Waals surface area contributed by atoms with Crippen LogP contribution in [0.15, 0.2) is 22.7 Å². The molecule has 0 radical (unpaired) electrons. The maximum Gasteiger partial charge on any atom is 0.173 e. The molecule has 1 atom stereocenters. The number of nitrogens with zero attached hydrogens (tertiary/aromatic N) is 4. The molecule has 0 fully saturated rings. The Morgan fingerprint density at radius 3 is 2.84 bits per heavy atom. The molecule has 2 aromatic rings. The van der Waals surface area contributed by atoms with Gasteiger partial charge >= 0.3 is 0 Å². The Hall–Kier alpha value is -1.27. The van der Waals surface area contributed by atoms with Gasteiger partial charge in [-0.2, -0.15) is 4.68 Å². The lowest BCUT2D eigenvalue weighted by atomic mass is 10.1. The summed E-state index contributed by atoms with van der Waals surface area (Å²) >= 11 is 3.50. The van der Waals surface area contributed by atoms with E-state index in [9.17, 15) is 0 Å². The molecule has 1 aromatic carbocycles. The Labute approximate surface area is 121 Å². The first-order chi connectivity index (χ1) is 9.17. The van der Waals surface area contributed by atoms with Crippen LogP contribution in [-0.4, -0.2) is 26.8 Å². The third-order valence-corrected chi connectivity index (χ3v) is 3.54. The SMILES string of the molecule is CCNC(C)c1nnnn1-c1ccc(Br)cc1CC. The van der Waals surface area contributed by atoms with E-state index in [-0.39, 0.29) is 6.04 Å². The second-order valence-corrected chi connectivity index (χ2v) is 5.27. The monoisotopic (exact) mass is 323 g/mol. The minimum Gasteiger partial charge on any atom is -0.308 e. The van der Waals surface area contributed by atoms with Gasteiger partial charge in [-0.3, -0.25) is 0 Å². The van der Waals surface area contributed by atoms with E-state index in [1.807, 2.05) is 16.8 Å². The predicted octanol–water partition coefficient (Wildman–Crippen LogP) is 2.66. The molecule has 1 heterocycles. The van der Waals surface area contributed by atoms with Crippen LogP contribution in [0.1, 0.15) is 38.2 Å². The molecule has 102 valence electrons. The van der Waals surface area contributed by atoms with E-state index in [0.29, 0.717) is 0 Å². The highest BCUT2D eigenvalue weighted by atomic mass is 79.9. The average Bonchev–Trinajstić information content (AvgIpc) is 2.88. The van der Waals surface area contributed by atoms with E-state index in [0.717, 1.165) is 29.0 Å². The summed E-state index contributed by atoms with van der Waals surface area (Å²) in [5, 5.41) is 15.4. The number of aryl methyl sites for hydroxylation is 1. The van der Waals surface area contributed by atoms with Gasteiger partial charge in [0.15, 0.2) is 5.82 Å². The van der Waals surface area contributed by atoms with Crippen molar-refractivity contribution in [2.75, 3.05) is 6.54 Å². The van der Waals surface area contributed by atoms with E-state index in [1.165, 1.54) is 5.56 Å². The van der Waals surface area contributed by atoms with Gasteiger partial charge in [-0.15, -0.1) is 5.10 Å². The third kappa shape index (κ3) is 3.01. The molecule has 6 heteroatoms. The molecule has 0 aliphatic rings. The van der Waals surface area contributed by atoms with Gasteiger partial charge in [-0.1, -0.05) is 29.8 Å². The Kier molecular flexibility index (Phi) is 4.66. The van der Waals surface area contributed by atoms with E-state index in [4.69, 9.17) is 0 Å². The minimum atomic E-state index is 0.119. The standard InChI is InChI=1S/C13H18BrN5/c1-4-10-8-11(14)6-7-12(10)19-13(16-17-18-19)9(3)15-5-2/h6-9,15H,4-5H2,1-3H3. The molecular weight excluding hydrogens is 306 g/mol. The van der Waals surface area contributed by atoms with Gasteiger partial charge in [-0.25, -0.2) is 0 Å². The first kappa shape index (κ1) is 14.1. The lowest BCUT2D eigenvalue weighted by Crippen LogP contribution is -2.22. The van der Waals surface area contributed by atoms with Crippen molar-refractivity contribution in [1.82, 2.24) is 25.5 Å². The van der Waals surface area contributed by atoms with E-state index in [2.05, 4.69) is 63.6 Å². The summed E-state index contributed by atoms with van der Waals surface area (Å²) in [6.07, 6.45) is 0.934. The van der Waals surface area contributed by atoms with E-state index < -0.39 is 0 Å². The molecule has 1 unspecified atom stereocenters. The largest absolute Gasteiger partial charge is 0.308 e. The first-order valence-electron chi connectivity index (χ1n) is 6.47. The number of tetrazole rings is 1. The van der Waals surface area contributed by atoms with Crippen LogP contribution >= 0.6 is 15.9 Å². The van der Waals surface area contributed by atoms with Crippen molar-refractivity contribution in [3.05, 3.63) is 34.1 Å². The summed E-state index contributed by atoms with van der Waals surface area (Å²) < 4.78 is 2.89. The second kappa shape index (κ2) is 6.25. The van der Waals surface area contributed by atoms with Crippen molar-refractivity contribution in [3.8, 4) is 5.69 Å². The fraction of sp³-hybridized carbons (Fsp3) is 0.462. The molecule has 0 amide bonds. The lowest BCUT2D eigenvalue weighted by Gasteiger charge is -2.14. The quantitative estimate of drug-likeness (QED) is 0.919. The molecule has 0 aliphatic heterocycles. The van der Waals surface area contributed by atoms with Crippen molar-refractivity contribution >= 4 is 15.9 Å². The molecule has 1 aromatic heterocycles. The van der Waals surface area contributed by atoms with Gasteiger partial charge in [0.25, 0.3) is 0 Å². The Morgan fingerprint density at radius 2 is 2.16 bits per heavy atom. The van der Waals surface area contributed by atoms with Gasteiger partial charge in [0.1, 0.15) is 0 Å². The maximum atomic E-state index is 4.14. The fourth-order valence-electron chi connectivity index (χ4n) is 2.08. The first-order valence-corrected chi connectivity index (χ1v) is 7.27.